The number of nitrogens with two attached hydrogens (primary N) is 1. The summed E-state index contributed by atoms with van der Waals surface area (Å²) >= 11 is 0. The second-order valence-corrected chi connectivity index (χ2v) is 9.86. The van der Waals surface area contributed by atoms with Crippen LogP contribution in [0.15, 0.2) is 23.1 Å². The molecular weight excluding hydrogens is 394 g/mol. The first kappa shape index (κ1) is 21.6. The number of hydrogen-bond acceptors (Lipinski definition) is 5. The summed E-state index contributed by atoms with van der Waals surface area (Å²) < 4.78 is 32.9. The van der Waals surface area contributed by atoms with Crippen molar-refractivity contribution in [3.63, 3.8) is 0 Å². The molecule has 0 atom stereocenters. The molecule has 2 heterocycles. The monoisotopic (exact) mass is 423 g/mol. The van der Waals surface area contributed by atoms with Gasteiger partial charge in [-0.15, -0.1) is 0 Å². The summed E-state index contributed by atoms with van der Waals surface area (Å²) in [6, 6.07) is 4.40. The third kappa shape index (κ3) is 4.56. The van der Waals surface area contributed by atoms with Crippen LogP contribution in [-0.2, 0) is 14.8 Å². The van der Waals surface area contributed by atoms with Gasteiger partial charge in [0.15, 0.2) is 0 Å². The van der Waals surface area contributed by atoms with Crippen LogP contribution in [0.5, 0.6) is 5.75 Å². The molecule has 0 aromatic heterocycles. The van der Waals surface area contributed by atoms with E-state index in [4.69, 9.17) is 10.5 Å². The highest BCUT2D eigenvalue weighted by atomic mass is 32.2. The van der Waals surface area contributed by atoms with Gasteiger partial charge in [-0.05, 0) is 49.8 Å². The van der Waals surface area contributed by atoms with Gasteiger partial charge in [0.2, 0.25) is 15.9 Å². The van der Waals surface area contributed by atoms with E-state index in [1.165, 1.54) is 29.6 Å². The molecular formula is C20H29N3O5S. The highest BCUT2D eigenvalue weighted by Gasteiger charge is 2.32. The Balaban J connectivity index is 1.84. The molecule has 3 rings (SSSR count). The second-order valence-electron chi connectivity index (χ2n) is 7.92. The van der Waals surface area contributed by atoms with Crippen LogP contribution in [0.25, 0.3) is 0 Å². The number of amides is 2. The highest BCUT2D eigenvalue weighted by molar-refractivity contribution is 7.89. The van der Waals surface area contributed by atoms with Gasteiger partial charge in [-0.25, -0.2) is 8.42 Å². The molecule has 2 saturated heterocycles. The largest absolute Gasteiger partial charge is 0.496 e. The first-order valence-corrected chi connectivity index (χ1v) is 11.4. The van der Waals surface area contributed by atoms with Crippen molar-refractivity contribution in [3.8, 4) is 5.75 Å². The minimum atomic E-state index is -3.78. The van der Waals surface area contributed by atoms with Crippen molar-refractivity contribution >= 4 is 21.8 Å². The minimum absolute atomic E-state index is 0.0598. The molecule has 0 spiro atoms. The third-order valence-electron chi connectivity index (χ3n) is 5.97. The number of methoxy groups -OCH3 is 1. The molecule has 2 N–H and O–H groups in total. The zero-order valence-electron chi connectivity index (χ0n) is 17.0. The average molecular weight is 424 g/mol. The molecule has 1 aromatic carbocycles. The number of carbonyl (C=O) groups is 2. The molecule has 2 aliphatic rings. The van der Waals surface area contributed by atoms with Crippen LogP contribution in [0.4, 0.5) is 0 Å². The Hall–Kier alpha value is -2.13. The summed E-state index contributed by atoms with van der Waals surface area (Å²) in [5.74, 6) is 0.0420. The number of ether oxygens (including phenoxy) is 1. The van der Waals surface area contributed by atoms with E-state index < -0.39 is 15.9 Å². The zero-order valence-corrected chi connectivity index (χ0v) is 17.8. The van der Waals surface area contributed by atoms with Crippen molar-refractivity contribution < 1.29 is 22.7 Å². The lowest BCUT2D eigenvalue weighted by Gasteiger charge is -2.31. The lowest BCUT2D eigenvalue weighted by molar-refractivity contribution is -0.122. The fourth-order valence-electron chi connectivity index (χ4n) is 3.93. The van der Waals surface area contributed by atoms with Crippen LogP contribution in [0.2, 0.25) is 0 Å². The van der Waals surface area contributed by atoms with E-state index in [-0.39, 0.29) is 35.4 Å². The van der Waals surface area contributed by atoms with E-state index >= 15 is 0 Å². The van der Waals surface area contributed by atoms with Gasteiger partial charge in [0.25, 0.3) is 5.91 Å². The number of likely N-dealkylation sites (tertiary alicyclic amines) is 1. The van der Waals surface area contributed by atoms with Crippen LogP contribution in [0, 0.1) is 11.8 Å². The van der Waals surface area contributed by atoms with Gasteiger partial charge in [-0.1, -0.05) is 6.92 Å². The van der Waals surface area contributed by atoms with Gasteiger partial charge in [-0.3, -0.25) is 9.59 Å². The van der Waals surface area contributed by atoms with Crippen LogP contribution >= 0.6 is 0 Å². The van der Waals surface area contributed by atoms with Gasteiger partial charge in [0.05, 0.1) is 17.6 Å². The van der Waals surface area contributed by atoms with Gasteiger partial charge in [0, 0.05) is 32.1 Å². The van der Waals surface area contributed by atoms with E-state index in [0.717, 1.165) is 12.8 Å². The number of benzene rings is 1. The van der Waals surface area contributed by atoms with Crippen molar-refractivity contribution in [2.45, 2.75) is 37.5 Å². The molecule has 2 aliphatic heterocycles. The lowest BCUT2D eigenvalue weighted by atomic mass is 9.98. The summed E-state index contributed by atoms with van der Waals surface area (Å²) in [6.07, 6.45) is 2.67. The smallest absolute Gasteiger partial charge is 0.257 e. The maximum Gasteiger partial charge on any atom is 0.257 e. The Kier molecular flexibility index (Phi) is 6.48. The quantitative estimate of drug-likeness (QED) is 0.771. The Morgan fingerprint density at radius 3 is 2.24 bits per heavy atom. The van der Waals surface area contributed by atoms with Crippen molar-refractivity contribution in [1.82, 2.24) is 9.21 Å². The molecule has 29 heavy (non-hydrogen) atoms. The van der Waals surface area contributed by atoms with E-state index in [0.29, 0.717) is 37.6 Å². The Morgan fingerprint density at radius 1 is 1.07 bits per heavy atom. The number of sulfonamides is 1. The predicted octanol–water partition coefficient (Wildman–Crippen LogP) is 1.45. The third-order valence-corrected chi connectivity index (χ3v) is 7.86. The number of primary amides is 1. The zero-order chi connectivity index (χ0) is 21.2. The number of piperidine rings is 2. The maximum absolute atomic E-state index is 13.1. The molecule has 8 nitrogen and oxygen atoms in total. The summed E-state index contributed by atoms with van der Waals surface area (Å²) in [5, 5.41) is 0. The minimum Gasteiger partial charge on any atom is -0.496 e. The molecule has 0 saturated carbocycles. The summed E-state index contributed by atoms with van der Waals surface area (Å²) in [7, 11) is -2.31. The molecule has 0 aliphatic carbocycles. The van der Waals surface area contributed by atoms with Gasteiger partial charge >= 0.3 is 0 Å². The number of nitrogens with zero attached hydrogens (tertiary/aromatic N) is 2. The summed E-state index contributed by atoms with van der Waals surface area (Å²) in [4.78, 5) is 26.2. The van der Waals surface area contributed by atoms with E-state index in [9.17, 15) is 18.0 Å². The van der Waals surface area contributed by atoms with Crippen molar-refractivity contribution in [2.24, 2.45) is 17.6 Å². The van der Waals surface area contributed by atoms with Gasteiger partial charge in [0.1, 0.15) is 5.75 Å². The van der Waals surface area contributed by atoms with Crippen molar-refractivity contribution in [1.29, 1.82) is 0 Å². The molecule has 2 amide bonds. The van der Waals surface area contributed by atoms with Crippen LogP contribution < -0.4 is 10.5 Å². The first-order valence-electron chi connectivity index (χ1n) is 10.0. The van der Waals surface area contributed by atoms with Crippen LogP contribution in [0.1, 0.15) is 43.0 Å². The fourth-order valence-corrected chi connectivity index (χ4v) is 5.42. The van der Waals surface area contributed by atoms with Crippen LogP contribution in [0.3, 0.4) is 0 Å². The molecule has 1 aromatic rings. The summed E-state index contributed by atoms with van der Waals surface area (Å²) in [5.41, 5.74) is 5.59. The number of hydrogen-bond donors (Lipinski definition) is 1. The number of rotatable bonds is 5. The van der Waals surface area contributed by atoms with Gasteiger partial charge in [-0.2, -0.15) is 4.31 Å². The molecule has 0 radical (unpaired) electrons. The Labute approximate surface area is 172 Å². The topological polar surface area (TPSA) is 110 Å². The molecule has 0 bridgehead atoms. The molecule has 9 heteroatoms. The Bertz CT molecular complexity index is 870. The normalized spacial score (nSPS) is 19.9. The SMILES string of the molecule is COc1ccc(S(=O)(=O)N2CCC(C(N)=O)CC2)cc1C(=O)N1CCC(C)CC1. The predicted molar refractivity (Wildman–Crippen MR) is 108 cm³/mol. The number of carbonyl (C=O) groups excluding carboxylic acids is 2. The highest BCUT2D eigenvalue weighted by Crippen LogP contribution is 2.29. The van der Waals surface area contributed by atoms with E-state index in [1.54, 1.807) is 4.90 Å². The fraction of sp³-hybridized carbons (Fsp3) is 0.600. The maximum atomic E-state index is 13.1. The lowest BCUT2D eigenvalue weighted by Crippen LogP contribution is -2.41. The Morgan fingerprint density at radius 2 is 1.69 bits per heavy atom. The molecule has 2 fully saturated rings. The standard InChI is InChI=1S/C20H29N3O5S/c1-14-5-9-22(10-6-14)20(25)17-13-16(3-4-18(17)28-2)29(26,27)23-11-7-15(8-12-23)19(21)24/h3-4,13-15H,5-12H2,1-2H3,(H2,21,24). The van der Waals surface area contributed by atoms with Crippen LogP contribution in [-0.4, -0.2) is 62.7 Å². The van der Waals surface area contributed by atoms with E-state index in [2.05, 4.69) is 6.92 Å². The van der Waals surface area contributed by atoms with Crippen molar-refractivity contribution in [3.05, 3.63) is 23.8 Å². The van der Waals surface area contributed by atoms with E-state index in [1.807, 2.05) is 0 Å². The molecule has 0 unspecified atom stereocenters. The van der Waals surface area contributed by atoms with Crippen molar-refractivity contribution in [2.75, 3.05) is 33.3 Å². The summed E-state index contributed by atoms with van der Waals surface area (Å²) in [6.45, 7) is 3.93. The first-order chi connectivity index (χ1) is 13.7. The second kappa shape index (κ2) is 8.71. The molecule has 160 valence electrons. The van der Waals surface area contributed by atoms with Gasteiger partial charge < -0.3 is 15.4 Å². The average Bonchev–Trinajstić information content (AvgIpc) is 2.73.